The largest absolute Gasteiger partial charge is 0.333 e. The molecule has 0 saturated heterocycles. The van der Waals surface area contributed by atoms with Crippen LogP contribution in [0.25, 0.3) is 0 Å². The minimum absolute atomic E-state index is 0.0837. The van der Waals surface area contributed by atoms with Crippen LogP contribution in [0.1, 0.15) is 24.0 Å². The second kappa shape index (κ2) is 28.1. The molecule has 10 nitrogen and oxygen atoms in total. The summed E-state index contributed by atoms with van der Waals surface area (Å²) < 4.78 is 5.85. The van der Waals surface area contributed by atoms with E-state index in [-0.39, 0.29) is 11.4 Å². The number of nitrogens with two attached hydrogens (primary N) is 2. The Kier molecular flexibility index (Phi) is 26.2. The number of carbonyl (C=O) groups excluding carboxylic acids is 2. The predicted octanol–water partition coefficient (Wildman–Crippen LogP) is 9.18. The second-order valence-corrected chi connectivity index (χ2v) is 18.3. The summed E-state index contributed by atoms with van der Waals surface area (Å²) in [6, 6.07) is 13.4. The van der Waals surface area contributed by atoms with E-state index in [2.05, 4.69) is 16.9 Å². The Morgan fingerprint density at radius 3 is 1.47 bits per heavy atom. The molecule has 2 aromatic carbocycles. The number of aldehydes is 2. The number of benzene rings is 2. The maximum absolute atomic E-state index is 11.0. The minimum atomic E-state index is -0.394. The number of nitrogens with zero attached hydrogens (tertiary/aromatic N) is 2. The molecule has 2 aromatic rings. The fourth-order valence-corrected chi connectivity index (χ4v) is 14.0. The van der Waals surface area contributed by atoms with Crippen molar-refractivity contribution in [2.24, 2.45) is 11.5 Å². The lowest BCUT2D eigenvalue weighted by Crippen LogP contribution is -1.92. The Morgan fingerprint density at radius 2 is 1.10 bits per heavy atom. The molecule has 0 spiro atoms. The first-order valence-corrected chi connectivity index (χ1v) is 22.3. The first-order chi connectivity index (χ1) is 23.8. The molecule has 268 valence electrons. The van der Waals surface area contributed by atoms with Gasteiger partial charge in [0.1, 0.15) is 12.6 Å². The lowest BCUT2D eigenvalue weighted by Gasteiger charge is -2.10. The van der Waals surface area contributed by atoms with Crippen LogP contribution >= 0.6 is 94.1 Å². The molecular formula is C31H40N4O6S8. The number of hydrogen-bond donors (Lipinski definition) is 2. The standard InChI is InChI=1S/C29H30N2O6S8.2CH5N/c1-38-26(39-16-2-14-32)27(40-17-3-15-33)43-20-25-44-28(41-18-12-21-4-8-23(9-5-21)30(34)35)29(45-25)42-19-13-22-6-10-24(11-7-22)31(36)37;2*1-2/h4-11,14-15,20H,2-3,12-13,16-19H2,1H3;2*2H2,1H3/b27-26+;;. The molecule has 0 amide bonds. The van der Waals surface area contributed by atoms with Crippen molar-refractivity contribution in [3.05, 3.63) is 106 Å². The predicted molar refractivity (Wildman–Crippen MR) is 223 cm³/mol. The van der Waals surface area contributed by atoms with E-state index in [0.717, 1.165) is 60.8 Å². The molecule has 0 fully saturated rings. The topological polar surface area (TPSA) is 172 Å². The number of rotatable bonds is 21. The van der Waals surface area contributed by atoms with Crippen LogP contribution in [0, 0.1) is 20.2 Å². The highest BCUT2D eigenvalue weighted by Crippen LogP contribution is 2.58. The average Bonchev–Trinajstić information content (AvgIpc) is 3.52. The smallest absolute Gasteiger partial charge is 0.269 e. The molecular weight excluding hydrogens is 781 g/mol. The summed E-state index contributed by atoms with van der Waals surface area (Å²) in [4.78, 5) is 43.0. The molecule has 0 saturated carbocycles. The SMILES string of the molecule is CN.CN.CS/C(SCCC=O)=C(\SC=C1SC(SCCc2ccc([N+](=O)[O-])cc2)=C(SCCc2ccc([N+](=O)[O-])cc2)S1)SCCC=O. The fourth-order valence-electron chi connectivity index (χ4n) is 3.45. The molecule has 0 aliphatic carbocycles. The van der Waals surface area contributed by atoms with Gasteiger partial charge in [-0.05, 0) is 49.7 Å². The van der Waals surface area contributed by atoms with Gasteiger partial charge in [0.05, 0.1) is 31.0 Å². The van der Waals surface area contributed by atoms with Gasteiger partial charge in [0.15, 0.2) is 0 Å². The van der Waals surface area contributed by atoms with E-state index in [1.807, 2.05) is 6.26 Å². The van der Waals surface area contributed by atoms with Crippen molar-refractivity contribution in [1.29, 1.82) is 0 Å². The van der Waals surface area contributed by atoms with Crippen molar-refractivity contribution >= 4 is 118 Å². The number of hydrogen-bond acceptors (Lipinski definition) is 16. The zero-order chi connectivity index (χ0) is 36.4. The van der Waals surface area contributed by atoms with Crippen LogP contribution in [0.3, 0.4) is 0 Å². The van der Waals surface area contributed by atoms with Crippen LogP contribution in [-0.2, 0) is 22.4 Å². The Morgan fingerprint density at radius 1 is 0.694 bits per heavy atom. The van der Waals surface area contributed by atoms with Crippen molar-refractivity contribution in [1.82, 2.24) is 0 Å². The lowest BCUT2D eigenvalue weighted by atomic mass is 10.1. The number of nitro benzene ring substituents is 2. The van der Waals surface area contributed by atoms with E-state index in [4.69, 9.17) is 0 Å². The van der Waals surface area contributed by atoms with Gasteiger partial charge >= 0.3 is 0 Å². The third kappa shape index (κ3) is 18.0. The van der Waals surface area contributed by atoms with Crippen LogP contribution in [0.4, 0.5) is 11.4 Å². The van der Waals surface area contributed by atoms with Crippen LogP contribution in [-0.4, -0.2) is 65.8 Å². The first-order valence-electron chi connectivity index (χ1n) is 14.6. The van der Waals surface area contributed by atoms with E-state index in [0.29, 0.717) is 24.3 Å². The van der Waals surface area contributed by atoms with Gasteiger partial charge in [0.25, 0.3) is 11.4 Å². The zero-order valence-electron chi connectivity index (χ0n) is 27.3. The second-order valence-electron chi connectivity index (χ2n) is 8.76. The van der Waals surface area contributed by atoms with Crippen LogP contribution in [0.2, 0.25) is 0 Å². The molecule has 0 bridgehead atoms. The van der Waals surface area contributed by atoms with Crippen molar-refractivity contribution in [3.8, 4) is 0 Å². The van der Waals surface area contributed by atoms with E-state index < -0.39 is 9.85 Å². The monoisotopic (exact) mass is 820 g/mol. The molecule has 1 aliphatic heterocycles. The van der Waals surface area contributed by atoms with Gasteiger partial charge in [0, 0.05) is 60.1 Å². The van der Waals surface area contributed by atoms with Gasteiger partial charge in [-0.3, -0.25) is 20.2 Å². The summed E-state index contributed by atoms with van der Waals surface area (Å²) in [6.45, 7) is 0. The third-order valence-electron chi connectivity index (χ3n) is 5.65. The Labute approximate surface area is 322 Å². The van der Waals surface area contributed by atoms with Gasteiger partial charge in [-0.2, -0.15) is 0 Å². The minimum Gasteiger partial charge on any atom is -0.333 e. The Hall–Kier alpha value is -1.48. The number of nitro groups is 2. The third-order valence-corrected chi connectivity index (χ3v) is 16.5. The van der Waals surface area contributed by atoms with E-state index in [9.17, 15) is 29.8 Å². The fraction of sp³-hybridized carbons (Fsp3) is 0.355. The molecule has 0 unspecified atom stereocenters. The summed E-state index contributed by atoms with van der Waals surface area (Å²) in [7, 11) is 3.00. The summed E-state index contributed by atoms with van der Waals surface area (Å²) in [5.74, 6) is 3.05. The maximum Gasteiger partial charge on any atom is 0.269 e. The molecule has 18 heteroatoms. The van der Waals surface area contributed by atoms with Crippen molar-refractivity contribution < 1.29 is 19.4 Å². The maximum atomic E-state index is 11.0. The van der Waals surface area contributed by atoms with E-state index in [1.54, 1.807) is 118 Å². The molecule has 1 heterocycles. The van der Waals surface area contributed by atoms with Crippen molar-refractivity contribution in [3.63, 3.8) is 0 Å². The highest BCUT2D eigenvalue weighted by atomic mass is 32.3. The van der Waals surface area contributed by atoms with Gasteiger partial charge in [-0.1, -0.05) is 59.6 Å². The van der Waals surface area contributed by atoms with Gasteiger partial charge < -0.3 is 21.1 Å². The molecule has 1 aliphatic rings. The summed E-state index contributed by atoms with van der Waals surface area (Å²) >= 11 is 13.6. The highest BCUT2D eigenvalue weighted by Gasteiger charge is 2.23. The zero-order valence-corrected chi connectivity index (χ0v) is 33.8. The van der Waals surface area contributed by atoms with E-state index in [1.165, 1.54) is 46.8 Å². The van der Waals surface area contributed by atoms with Crippen LogP contribution in [0.5, 0.6) is 0 Å². The highest BCUT2D eigenvalue weighted by molar-refractivity contribution is 8.41. The molecule has 4 N–H and O–H groups in total. The lowest BCUT2D eigenvalue weighted by molar-refractivity contribution is -0.385. The van der Waals surface area contributed by atoms with Gasteiger partial charge in [-0.15, -0.1) is 58.8 Å². The van der Waals surface area contributed by atoms with Crippen LogP contribution in [0.15, 0.2) is 75.1 Å². The summed E-state index contributed by atoms with van der Waals surface area (Å²) in [5, 5.41) is 24.1. The van der Waals surface area contributed by atoms with Crippen molar-refractivity contribution in [2.75, 3.05) is 43.4 Å². The molecule has 0 atom stereocenters. The first kappa shape index (κ1) is 45.5. The summed E-state index contributed by atoms with van der Waals surface area (Å²) in [5.41, 5.74) is 11.3. The number of carbonyl (C=O) groups is 2. The normalized spacial score (nSPS) is 12.6. The number of aryl methyl sites for hydroxylation is 2. The van der Waals surface area contributed by atoms with Gasteiger partial charge in [-0.25, -0.2) is 0 Å². The van der Waals surface area contributed by atoms with Crippen molar-refractivity contribution in [2.45, 2.75) is 25.7 Å². The van der Waals surface area contributed by atoms with Gasteiger partial charge in [0.2, 0.25) is 0 Å². The number of non-ortho nitro benzene ring substituents is 2. The number of thioether (sulfide) groups is 8. The molecule has 49 heavy (non-hydrogen) atoms. The van der Waals surface area contributed by atoms with E-state index >= 15 is 0 Å². The molecule has 0 radical (unpaired) electrons. The molecule has 0 aromatic heterocycles. The average molecular weight is 821 g/mol. The Balaban J connectivity index is 0.00000289. The Bertz CT molecular complexity index is 1350. The summed E-state index contributed by atoms with van der Waals surface area (Å²) in [6.07, 6.45) is 6.41. The quantitative estimate of drug-likeness (QED) is 0.0528. The molecule has 3 rings (SSSR count). The van der Waals surface area contributed by atoms with Crippen LogP contribution < -0.4 is 11.5 Å².